The molecule has 1 atom stereocenters. The molecule has 0 rings (SSSR count). The molecule has 0 spiro atoms. The van der Waals surface area contributed by atoms with Gasteiger partial charge in [0.2, 0.25) is 5.91 Å². The van der Waals surface area contributed by atoms with Gasteiger partial charge in [-0.3, -0.25) is 10.1 Å². The molecule has 1 radical (unpaired) electrons. The lowest BCUT2D eigenvalue weighted by Gasteiger charge is -2.15. The molecule has 0 heterocycles. The van der Waals surface area contributed by atoms with Gasteiger partial charge in [0.05, 0.1) is 6.17 Å². The molecular formula is C12H21N2O. The maximum absolute atomic E-state index is 11.4. The number of carbonyl (C=O) groups excluding carboxylic acids is 1. The van der Waals surface area contributed by atoms with Crippen LogP contribution in [0.25, 0.3) is 0 Å². The van der Waals surface area contributed by atoms with E-state index >= 15 is 0 Å². The second-order valence-electron chi connectivity index (χ2n) is 3.29. The van der Waals surface area contributed by atoms with Gasteiger partial charge in [-0.25, -0.2) is 0 Å². The first-order chi connectivity index (χ1) is 7.24. The first-order valence-electron chi connectivity index (χ1n) is 5.30. The van der Waals surface area contributed by atoms with E-state index < -0.39 is 0 Å². The Kier molecular flexibility index (Phi) is 8.78. The van der Waals surface area contributed by atoms with Crippen molar-refractivity contribution in [3.8, 4) is 0 Å². The highest BCUT2D eigenvalue weighted by molar-refractivity contribution is 5.76. The summed E-state index contributed by atoms with van der Waals surface area (Å²) in [5.74, 6) is 0.0462. The van der Waals surface area contributed by atoms with Crippen molar-refractivity contribution in [3.63, 3.8) is 0 Å². The molecule has 1 unspecified atom stereocenters. The van der Waals surface area contributed by atoms with Crippen LogP contribution in [0.15, 0.2) is 25.3 Å². The van der Waals surface area contributed by atoms with Crippen molar-refractivity contribution in [2.75, 3.05) is 6.54 Å². The van der Waals surface area contributed by atoms with Gasteiger partial charge in [0.25, 0.3) is 0 Å². The van der Waals surface area contributed by atoms with E-state index in [4.69, 9.17) is 0 Å². The SMILES string of the molecule is [CH2]CCCCC(=O)NC(C=C)NCC=C. The van der Waals surface area contributed by atoms with Crippen LogP contribution in [0.4, 0.5) is 0 Å². The number of nitrogens with one attached hydrogen (secondary N) is 2. The van der Waals surface area contributed by atoms with Crippen molar-refractivity contribution in [1.82, 2.24) is 10.6 Å². The minimum absolute atomic E-state index is 0.0462. The van der Waals surface area contributed by atoms with Gasteiger partial charge in [-0.15, -0.1) is 6.58 Å². The van der Waals surface area contributed by atoms with Crippen molar-refractivity contribution in [2.24, 2.45) is 0 Å². The third-order valence-electron chi connectivity index (χ3n) is 1.94. The molecular weight excluding hydrogens is 188 g/mol. The Hall–Kier alpha value is -1.09. The minimum Gasteiger partial charge on any atom is -0.337 e. The summed E-state index contributed by atoms with van der Waals surface area (Å²) in [6, 6.07) is 0. The zero-order chi connectivity index (χ0) is 11.5. The fraction of sp³-hybridized carbons (Fsp3) is 0.500. The number of hydrogen-bond acceptors (Lipinski definition) is 2. The molecule has 0 aromatic carbocycles. The maximum atomic E-state index is 11.4. The van der Waals surface area contributed by atoms with Crippen LogP contribution in [-0.2, 0) is 4.79 Å². The Morgan fingerprint density at radius 2 is 2.07 bits per heavy atom. The first kappa shape index (κ1) is 13.9. The quantitative estimate of drug-likeness (QED) is 0.345. The van der Waals surface area contributed by atoms with Gasteiger partial charge < -0.3 is 5.32 Å². The van der Waals surface area contributed by atoms with Gasteiger partial charge in [0.15, 0.2) is 0 Å². The van der Waals surface area contributed by atoms with E-state index in [1.807, 2.05) is 0 Å². The van der Waals surface area contributed by atoms with Crippen molar-refractivity contribution in [3.05, 3.63) is 32.2 Å². The first-order valence-corrected chi connectivity index (χ1v) is 5.30. The van der Waals surface area contributed by atoms with Crippen LogP contribution in [0.5, 0.6) is 0 Å². The van der Waals surface area contributed by atoms with Crippen molar-refractivity contribution >= 4 is 5.91 Å². The van der Waals surface area contributed by atoms with Crippen LogP contribution < -0.4 is 10.6 Å². The molecule has 2 N–H and O–H groups in total. The highest BCUT2D eigenvalue weighted by Crippen LogP contribution is 1.98. The van der Waals surface area contributed by atoms with Crippen molar-refractivity contribution in [2.45, 2.75) is 31.8 Å². The van der Waals surface area contributed by atoms with Gasteiger partial charge >= 0.3 is 0 Å². The van der Waals surface area contributed by atoms with Gasteiger partial charge in [-0.05, 0) is 6.42 Å². The molecule has 0 bridgehead atoms. The van der Waals surface area contributed by atoms with Gasteiger partial charge in [0.1, 0.15) is 0 Å². The normalized spacial score (nSPS) is 11.8. The summed E-state index contributed by atoms with van der Waals surface area (Å²) < 4.78 is 0. The minimum atomic E-state index is -0.171. The number of unbranched alkanes of at least 4 members (excludes halogenated alkanes) is 2. The smallest absolute Gasteiger partial charge is 0.221 e. The van der Waals surface area contributed by atoms with Gasteiger partial charge in [-0.1, -0.05) is 38.5 Å². The summed E-state index contributed by atoms with van der Waals surface area (Å²) in [4.78, 5) is 11.4. The fourth-order valence-electron chi connectivity index (χ4n) is 1.11. The number of rotatable bonds is 9. The molecule has 3 nitrogen and oxygen atoms in total. The van der Waals surface area contributed by atoms with Gasteiger partial charge in [-0.2, -0.15) is 0 Å². The van der Waals surface area contributed by atoms with Crippen molar-refractivity contribution < 1.29 is 4.79 Å². The summed E-state index contributed by atoms with van der Waals surface area (Å²) in [6.07, 6.45) is 6.55. The average molecular weight is 209 g/mol. The predicted octanol–water partition coefficient (Wildman–Crippen LogP) is 1.78. The zero-order valence-corrected chi connectivity index (χ0v) is 9.30. The van der Waals surface area contributed by atoms with E-state index in [1.54, 1.807) is 12.2 Å². The monoisotopic (exact) mass is 209 g/mol. The van der Waals surface area contributed by atoms with Crippen LogP contribution in [0.2, 0.25) is 0 Å². The topological polar surface area (TPSA) is 41.1 Å². The summed E-state index contributed by atoms with van der Waals surface area (Å²) in [5, 5.41) is 5.88. The van der Waals surface area contributed by atoms with E-state index in [1.165, 1.54) is 0 Å². The third kappa shape index (κ3) is 7.94. The molecule has 15 heavy (non-hydrogen) atoms. The standard InChI is InChI=1S/C12H21N2O/c1-4-7-8-9-12(15)14-11(6-3)13-10-5-2/h5-6,11,13H,1-4,7-10H2,(H,14,15). The van der Waals surface area contributed by atoms with E-state index in [2.05, 4.69) is 30.7 Å². The van der Waals surface area contributed by atoms with Crippen LogP contribution in [0, 0.1) is 6.92 Å². The lowest BCUT2D eigenvalue weighted by molar-refractivity contribution is -0.121. The summed E-state index contributed by atoms with van der Waals surface area (Å²) in [6.45, 7) is 11.6. The van der Waals surface area contributed by atoms with E-state index in [0.29, 0.717) is 13.0 Å². The third-order valence-corrected chi connectivity index (χ3v) is 1.94. The van der Waals surface area contributed by atoms with Crippen LogP contribution in [0.3, 0.4) is 0 Å². The van der Waals surface area contributed by atoms with Crippen LogP contribution >= 0.6 is 0 Å². The summed E-state index contributed by atoms with van der Waals surface area (Å²) >= 11 is 0. The van der Waals surface area contributed by atoms with Gasteiger partial charge in [0, 0.05) is 13.0 Å². The summed E-state index contributed by atoms with van der Waals surface area (Å²) in [5.41, 5.74) is 0. The maximum Gasteiger partial charge on any atom is 0.221 e. The van der Waals surface area contributed by atoms with Crippen LogP contribution in [-0.4, -0.2) is 18.6 Å². The molecule has 0 aromatic rings. The Morgan fingerprint density at radius 1 is 1.33 bits per heavy atom. The van der Waals surface area contributed by atoms with E-state index in [-0.39, 0.29) is 12.1 Å². The summed E-state index contributed by atoms with van der Waals surface area (Å²) in [7, 11) is 0. The highest BCUT2D eigenvalue weighted by Gasteiger charge is 2.06. The number of hydrogen-bond donors (Lipinski definition) is 2. The lowest BCUT2D eigenvalue weighted by Crippen LogP contribution is -2.43. The molecule has 85 valence electrons. The van der Waals surface area contributed by atoms with Crippen molar-refractivity contribution in [1.29, 1.82) is 0 Å². The Bertz CT molecular complexity index is 202. The highest BCUT2D eigenvalue weighted by atomic mass is 16.1. The number of amides is 1. The molecule has 0 aliphatic rings. The average Bonchev–Trinajstić information content (AvgIpc) is 2.24. The Morgan fingerprint density at radius 3 is 2.60 bits per heavy atom. The molecule has 0 aliphatic heterocycles. The second kappa shape index (κ2) is 9.46. The Balaban J connectivity index is 3.69. The van der Waals surface area contributed by atoms with Crippen LogP contribution in [0.1, 0.15) is 25.7 Å². The zero-order valence-electron chi connectivity index (χ0n) is 9.30. The van der Waals surface area contributed by atoms with E-state index in [0.717, 1.165) is 19.3 Å². The largest absolute Gasteiger partial charge is 0.337 e. The fourth-order valence-corrected chi connectivity index (χ4v) is 1.11. The lowest BCUT2D eigenvalue weighted by atomic mass is 10.2. The molecule has 0 saturated carbocycles. The molecule has 0 fully saturated rings. The molecule has 1 amide bonds. The molecule has 0 aromatic heterocycles. The number of carbonyl (C=O) groups is 1. The molecule has 0 aliphatic carbocycles. The Labute approximate surface area is 92.6 Å². The van der Waals surface area contributed by atoms with E-state index in [9.17, 15) is 4.79 Å². The second-order valence-corrected chi connectivity index (χ2v) is 3.29. The molecule has 3 heteroatoms. The molecule has 0 saturated heterocycles. The predicted molar refractivity (Wildman–Crippen MR) is 64.2 cm³/mol.